The number of nitrogens with one attached hydrogen (secondary N) is 1. The first kappa shape index (κ1) is 11.2. The van der Waals surface area contributed by atoms with Crippen molar-refractivity contribution in [2.45, 2.75) is 43.7 Å². The molecule has 1 aromatic rings. The number of benzene rings is 1. The topological polar surface area (TPSA) is 21.3 Å². The highest BCUT2D eigenvalue weighted by atomic mass is 16.5. The highest BCUT2D eigenvalue weighted by Gasteiger charge is 2.38. The lowest BCUT2D eigenvalue weighted by Gasteiger charge is -2.39. The maximum absolute atomic E-state index is 5.83. The molecule has 1 N–H and O–H groups in total. The summed E-state index contributed by atoms with van der Waals surface area (Å²) < 4.78 is 5.83. The van der Waals surface area contributed by atoms with Crippen LogP contribution in [0.2, 0.25) is 0 Å². The van der Waals surface area contributed by atoms with Gasteiger partial charge >= 0.3 is 0 Å². The van der Waals surface area contributed by atoms with Crippen molar-refractivity contribution in [2.75, 3.05) is 13.2 Å². The summed E-state index contributed by atoms with van der Waals surface area (Å²) in [6.45, 7) is 1.77. The minimum Gasteiger partial charge on any atom is -0.378 e. The molecule has 0 amide bonds. The van der Waals surface area contributed by atoms with Gasteiger partial charge in [0, 0.05) is 11.6 Å². The van der Waals surface area contributed by atoms with Crippen LogP contribution >= 0.6 is 0 Å². The third-order valence-electron chi connectivity index (χ3n) is 4.09. The number of hydrogen-bond donors (Lipinski definition) is 1. The van der Waals surface area contributed by atoms with Crippen molar-refractivity contribution in [1.82, 2.24) is 5.32 Å². The number of rotatable bonds is 2. The van der Waals surface area contributed by atoms with Crippen LogP contribution in [-0.2, 0) is 11.2 Å². The second kappa shape index (κ2) is 4.79. The minimum atomic E-state index is 0.303. The number of ether oxygens (including phenoxy) is 1. The molecule has 1 saturated heterocycles. The Morgan fingerprint density at radius 3 is 2.71 bits per heavy atom. The van der Waals surface area contributed by atoms with Crippen LogP contribution < -0.4 is 5.32 Å². The van der Waals surface area contributed by atoms with Gasteiger partial charge in [-0.05, 0) is 24.8 Å². The Hall–Kier alpha value is -0.860. The molecule has 1 aromatic carbocycles. The minimum absolute atomic E-state index is 0.303. The average molecular weight is 231 g/mol. The van der Waals surface area contributed by atoms with Gasteiger partial charge < -0.3 is 10.1 Å². The zero-order valence-corrected chi connectivity index (χ0v) is 10.3. The Morgan fingerprint density at radius 1 is 1.18 bits per heavy atom. The number of hydrogen-bond acceptors (Lipinski definition) is 2. The monoisotopic (exact) mass is 231 g/mol. The van der Waals surface area contributed by atoms with Gasteiger partial charge in [-0.15, -0.1) is 0 Å². The van der Waals surface area contributed by atoms with Crippen LogP contribution in [0.1, 0.15) is 31.2 Å². The summed E-state index contributed by atoms with van der Waals surface area (Å²) in [7, 11) is 0. The molecular weight excluding hydrogens is 210 g/mol. The fourth-order valence-corrected chi connectivity index (χ4v) is 3.26. The molecule has 1 aliphatic heterocycles. The Kier molecular flexibility index (Phi) is 3.17. The Morgan fingerprint density at radius 2 is 1.94 bits per heavy atom. The van der Waals surface area contributed by atoms with E-state index in [1.807, 2.05) is 0 Å². The molecule has 1 spiro atoms. The van der Waals surface area contributed by atoms with E-state index in [4.69, 9.17) is 4.74 Å². The summed E-state index contributed by atoms with van der Waals surface area (Å²) in [4.78, 5) is 0. The van der Waals surface area contributed by atoms with Crippen LogP contribution in [0.5, 0.6) is 0 Å². The van der Waals surface area contributed by atoms with Gasteiger partial charge in [0.05, 0.1) is 13.2 Å². The molecule has 0 aromatic heterocycles. The summed E-state index contributed by atoms with van der Waals surface area (Å²) in [6, 6.07) is 11.2. The normalized spacial score (nSPS) is 27.4. The van der Waals surface area contributed by atoms with Crippen molar-refractivity contribution in [3.8, 4) is 0 Å². The second-order valence-corrected chi connectivity index (χ2v) is 5.53. The standard InChI is InChI=1S/C15H21NO/c1-2-6-13(7-3-1)10-14-11-17-12-15(16-14)8-4-5-9-15/h1-3,6-7,14,16H,4-5,8-12H2/t14-/m0/s1. The largest absolute Gasteiger partial charge is 0.378 e. The van der Waals surface area contributed by atoms with Gasteiger partial charge in [0.15, 0.2) is 0 Å². The van der Waals surface area contributed by atoms with Crippen LogP contribution in [0.4, 0.5) is 0 Å². The molecule has 2 fully saturated rings. The number of morpholine rings is 1. The Balaban J connectivity index is 1.64. The molecule has 0 radical (unpaired) electrons. The Labute approximate surface area is 103 Å². The van der Waals surface area contributed by atoms with E-state index in [9.17, 15) is 0 Å². The quantitative estimate of drug-likeness (QED) is 0.844. The molecule has 3 rings (SSSR count). The fraction of sp³-hybridized carbons (Fsp3) is 0.600. The van der Waals surface area contributed by atoms with Crippen molar-refractivity contribution in [1.29, 1.82) is 0 Å². The average Bonchev–Trinajstić information content (AvgIpc) is 2.79. The van der Waals surface area contributed by atoms with Gasteiger partial charge in [-0.1, -0.05) is 43.2 Å². The van der Waals surface area contributed by atoms with Crippen molar-refractivity contribution in [3.05, 3.63) is 35.9 Å². The van der Waals surface area contributed by atoms with E-state index < -0.39 is 0 Å². The van der Waals surface area contributed by atoms with Crippen LogP contribution in [0.25, 0.3) is 0 Å². The molecule has 2 heteroatoms. The van der Waals surface area contributed by atoms with E-state index in [0.717, 1.165) is 19.6 Å². The van der Waals surface area contributed by atoms with Gasteiger partial charge in [-0.2, -0.15) is 0 Å². The van der Waals surface area contributed by atoms with Gasteiger partial charge in [-0.3, -0.25) is 0 Å². The molecule has 92 valence electrons. The van der Waals surface area contributed by atoms with Crippen molar-refractivity contribution in [3.63, 3.8) is 0 Å². The van der Waals surface area contributed by atoms with Gasteiger partial charge in [0.25, 0.3) is 0 Å². The van der Waals surface area contributed by atoms with Gasteiger partial charge in [0.2, 0.25) is 0 Å². The smallest absolute Gasteiger partial charge is 0.0649 e. The lowest BCUT2D eigenvalue weighted by molar-refractivity contribution is 0.00113. The van der Waals surface area contributed by atoms with E-state index in [0.29, 0.717) is 11.6 Å². The maximum atomic E-state index is 5.83. The zero-order chi connectivity index (χ0) is 11.6. The summed E-state index contributed by atoms with van der Waals surface area (Å²) >= 11 is 0. The van der Waals surface area contributed by atoms with Crippen molar-refractivity contribution in [2.24, 2.45) is 0 Å². The van der Waals surface area contributed by atoms with Crippen LogP contribution in [0, 0.1) is 0 Å². The van der Waals surface area contributed by atoms with Crippen LogP contribution in [0.3, 0.4) is 0 Å². The third-order valence-corrected chi connectivity index (χ3v) is 4.09. The maximum Gasteiger partial charge on any atom is 0.0649 e. The molecule has 0 bridgehead atoms. The predicted molar refractivity (Wildman–Crippen MR) is 69.1 cm³/mol. The molecule has 2 nitrogen and oxygen atoms in total. The van der Waals surface area contributed by atoms with Gasteiger partial charge in [-0.25, -0.2) is 0 Å². The first-order valence-corrected chi connectivity index (χ1v) is 6.76. The molecule has 0 unspecified atom stereocenters. The van der Waals surface area contributed by atoms with Crippen molar-refractivity contribution < 1.29 is 4.74 Å². The van der Waals surface area contributed by atoms with Crippen LogP contribution in [0.15, 0.2) is 30.3 Å². The van der Waals surface area contributed by atoms with E-state index in [2.05, 4.69) is 35.6 Å². The molecule has 1 atom stereocenters. The summed E-state index contributed by atoms with van der Waals surface area (Å²) in [5.74, 6) is 0. The predicted octanol–water partition coefficient (Wildman–Crippen LogP) is 2.53. The van der Waals surface area contributed by atoms with E-state index >= 15 is 0 Å². The fourth-order valence-electron chi connectivity index (χ4n) is 3.26. The van der Waals surface area contributed by atoms with Crippen LogP contribution in [-0.4, -0.2) is 24.8 Å². The highest BCUT2D eigenvalue weighted by molar-refractivity contribution is 5.16. The third kappa shape index (κ3) is 2.53. The van der Waals surface area contributed by atoms with E-state index in [1.165, 1.54) is 31.2 Å². The van der Waals surface area contributed by atoms with E-state index in [-0.39, 0.29) is 0 Å². The lowest BCUT2D eigenvalue weighted by Crippen LogP contribution is -2.58. The summed E-state index contributed by atoms with van der Waals surface area (Å²) in [5.41, 5.74) is 1.71. The molecule has 1 heterocycles. The zero-order valence-electron chi connectivity index (χ0n) is 10.3. The first-order valence-electron chi connectivity index (χ1n) is 6.76. The van der Waals surface area contributed by atoms with Crippen molar-refractivity contribution >= 4 is 0 Å². The molecule has 1 saturated carbocycles. The Bertz CT molecular complexity index is 356. The molecule has 2 aliphatic rings. The first-order chi connectivity index (χ1) is 8.36. The molecule has 17 heavy (non-hydrogen) atoms. The molecule has 1 aliphatic carbocycles. The SMILES string of the molecule is c1ccc(C[C@H]2COCC3(CCCC3)N2)cc1. The summed E-state index contributed by atoms with van der Waals surface area (Å²) in [5, 5.41) is 3.85. The van der Waals surface area contributed by atoms with E-state index in [1.54, 1.807) is 0 Å². The lowest BCUT2D eigenvalue weighted by atomic mass is 9.94. The highest BCUT2D eigenvalue weighted by Crippen LogP contribution is 2.32. The second-order valence-electron chi connectivity index (χ2n) is 5.53. The summed E-state index contributed by atoms with van der Waals surface area (Å²) in [6.07, 6.45) is 6.38. The van der Waals surface area contributed by atoms with Gasteiger partial charge in [0.1, 0.15) is 0 Å². The molecular formula is C15H21NO.